The van der Waals surface area contributed by atoms with Gasteiger partial charge in [-0.05, 0) is 36.4 Å². The van der Waals surface area contributed by atoms with E-state index in [1.807, 2.05) is 18.2 Å². The fourth-order valence-electron chi connectivity index (χ4n) is 2.74. The summed E-state index contributed by atoms with van der Waals surface area (Å²) in [6, 6.07) is 17.0. The number of H-pyrrole nitrogens is 1. The van der Waals surface area contributed by atoms with Crippen molar-refractivity contribution >= 4 is 11.0 Å². The molecule has 4 nitrogen and oxygen atoms in total. The first-order valence-corrected chi connectivity index (χ1v) is 7.78. The molecule has 0 radical (unpaired) electrons. The van der Waals surface area contributed by atoms with Crippen LogP contribution in [0.4, 0.5) is 13.2 Å². The fourth-order valence-corrected chi connectivity index (χ4v) is 2.74. The Morgan fingerprint density at radius 3 is 2.23 bits per heavy atom. The lowest BCUT2D eigenvalue weighted by Gasteiger charge is -2.07. The largest absolute Gasteiger partial charge is 0.416 e. The molecule has 0 fully saturated rings. The molecule has 0 aliphatic heterocycles. The van der Waals surface area contributed by atoms with Crippen molar-refractivity contribution in [3.63, 3.8) is 0 Å². The summed E-state index contributed by atoms with van der Waals surface area (Å²) < 4.78 is 39.4. The van der Waals surface area contributed by atoms with Crippen molar-refractivity contribution in [2.45, 2.75) is 6.18 Å². The maximum atomic E-state index is 12.7. The van der Waals surface area contributed by atoms with Gasteiger partial charge in [0.05, 0.1) is 22.3 Å². The molecule has 0 unspecified atom stereocenters. The number of halogens is 3. The van der Waals surface area contributed by atoms with Crippen LogP contribution in [0.2, 0.25) is 0 Å². The number of aromatic nitrogens is 3. The fraction of sp³-hybridized carbons (Fsp3) is 0.0526. The highest BCUT2D eigenvalue weighted by atomic mass is 19.4. The number of nitrogens with one attached hydrogen (secondary N) is 1. The number of para-hydroxylation sites is 1. The summed E-state index contributed by atoms with van der Waals surface area (Å²) in [5, 5.41) is 3.35. The van der Waals surface area contributed by atoms with E-state index in [1.54, 1.807) is 24.3 Å². The zero-order valence-electron chi connectivity index (χ0n) is 13.3. The Kier molecular flexibility index (Phi) is 3.64. The first-order valence-electron chi connectivity index (χ1n) is 7.78. The average Bonchev–Trinajstić information content (AvgIpc) is 2.98. The van der Waals surface area contributed by atoms with Crippen LogP contribution in [0, 0.1) is 0 Å². The standard InChI is InChI=1S/C19H12F3N3O/c20-19(21,22)13-8-6-12(7-9-13)16-11-10-15-17(23-16)24-25(18(15)26)14-4-2-1-3-5-14/h1-11H,(H,23,24). The molecule has 7 heteroatoms. The third kappa shape index (κ3) is 2.77. The minimum Gasteiger partial charge on any atom is -0.274 e. The third-order valence-corrected chi connectivity index (χ3v) is 4.07. The van der Waals surface area contributed by atoms with Gasteiger partial charge in [0, 0.05) is 5.56 Å². The van der Waals surface area contributed by atoms with E-state index >= 15 is 0 Å². The lowest BCUT2D eigenvalue weighted by atomic mass is 10.1. The van der Waals surface area contributed by atoms with Crippen molar-refractivity contribution in [3.8, 4) is 16.9 Å². The van der Waals surface area contributed by atoms with Crippen molar-refractivity contribution in [2.24, 2.45) is 0 Å². The highest BCUT2D eigenvalue weighted by molar-refractivity contribution is 5.78. The minimum absolute atomic E-state index is 0.238. The first kappa shape index (κ1) is 16.1. The maximum Gasteiger partial charge on any atom is 0.416 e. The molecule has 0 aliphatic carbocycles. The number of rotatable bonds is 2. The highest BCUT2D eigenvalue weighted by Crippen LogP contribution is 2.30. The smallest absolute Gasteiger partial charge is 0.274 e. The van der Waals surface area contributed by atoms with Gasteiger partial charge in [-0.25, -0.2) is 9.67 Å². The second-order valence-electron chi connectivity index (χ2n) is 5.76. The summed E-state index contributed by atoms with van der Waals surface area (Å²) in [7, 11) is 0. The molecule has 0 aliphatic rings. The molecule has 0 atom stereocenters. The number of hydrogen-bond donors (Lipinski definition) is 1. The summed E-state index contributed by atoms with van der Waals surface area (Å²) in [6.45, 7) is 0. The van der Waals surface area contributed by atoms with Crippen LogP contribution in [0.25, 0.3) is 28.0 Å². The van der Waals surface area contributed by atoms with Gasteiger partial charge in [0.1, 0.15) is 0 Å². The van der Waals surface area contributed by atoms with Crippen LogP contribution in [0.15, 0.2) is 71.5 Å². The Morgan fingerprint density at radius 2 is 1.58 bits per heavy atom. The molecule has 26 heavy (non-hydrogen) atoms. The van der Waals surface area contributed by atoms with E-state index in [0.29, 0.717) is 28.0 Å². The number of alkyl halides is 3. The molecule has 4 aromatic rings. The van der Waals surface area contributed by atoms with Gasteiger partial charge in [0.2, 0.25) is 0 Å². The van der Waals surface area contributed by atoms with E-state index in [0.717, 1.165) is 12.1 Å². The lowest BCUT2D eigenvalue weighted by molar-refractivity contribution is -0.137. The summed E-state index contributed by atoms with van der Waals surface area (Å²) in [6.07, 6.45) is -4.38. The number of pyridine rings is 1. The number of nitrogens with zero attached hydrogens (tertiary/aromatic N) is 2. The van der Waals surface area contributed by atoms with E-state index in [2.05, 4.69) is 10.1 Å². The van der Waals surface area contributed by atoms with Gasteiger partial charge in [-0.15, -0.1) is 0 Å². The summed E-state index contributed by atoms with van der Waals surface area (Å²) in [4.78, 5) is 16.9. The SMILES string of the molecule is O=c1c2ccc(-c3ccc(C(F)(F)F)cc3)nc2[nH]n1-c1ccccc1. The van der Waals surface area contributed by atoms with Gasteiger partial charge in [0.25, 0.3) is 5.56 Å². The Balaban J connectivity index is 1.78. The maximum absolute atomic E-state index is 12.7. The van der Waals surface area contributed by atoms with E-state index in [-0.39, 0.29) is 5.56 Å². The van der Waals surface area contributed by atoms with Gasteiger partial charge in [-0.1, -0.05) is 30.3 Å². The van der Waals surface area contributed by atoms with Crippen molar-refractivity contribution in [2.75, 3.05) is 0 Å². The van der Waals surface area contributed by atoms with Crippen LogP contribution in [0.5, 0.6) is 0 Å². The molecular formula is C19H12F3N3O. The molecule has 0 amide bonds. The third-order valence-electron chi connectivity index (χ3n) is 4.07. The molecule has 130 valence electrons. The molecule has 0 saturated heterocycles. The second-order valence-corrected chi connectivity index (χ2v) is 5.76. The van der Waals surface area contributed by atoms with E-state index < -0.39 is 11.7 Å². The highest BCUT2D eigenvalue weighted by Gasteiger charge is 2.30. The molecule has 2 heterocycles. The predicted octanol–water partition coefficient (Wildman–Crippen LogP) is 4.40. The Morgan fingerprint density at radius 1 is 0.885 bits per heavy atom. The molecule has 4 rings (SSSR count). The van der Waals surface area contributed by atoms with Crippen LogP contribution in [-0.4, -0.2) is 14.8 Å². The normalized spacial score (nSPS) is 11.8. The van der Waals surface area contributed by atoms with E-state index in [4.69, 9.17) is 0 Å². The van der Waals surface area contributed by atoms with Crippen LogP contribution < -0.4 is 5.56 Å². The average molecular weight is 355 g/mol. The summed E-state index contributed by atoms with van der Waals surface area (Å²) in [5.41, 5.74) is 1.10. The Hall–Kier alpha value is -3.35. The molecule has 0 bridgehead atoms. The van der Waals surface area contributed by atoms with E-state index in [9.17, 15) is 18.0 Å². The zero-order valence-corrected chi connectivity index (χ0v) is 13.3. The van der Waals surface area contributed by atoms with E-state index in [1.165, 1.54) is 16.8 Å². The van der Waals surface area contributed by atoms with Crippen molar-refractivity contribution in [1.29, 1.82) is 0 Å². The molecule has 0 saturated carbocycles. The zero-order chi connectivity index (χ0) is 18.3. The van der Waals surface area contributed by atoms with Gasteiger partial charge in [-0.3, -0.25) is 9.89 Å². The van der Waals surface area contributed by atoms with Crippen LogP contribution in [0.1, 0.15) is 5.56 Å². The number of aromatic amines is 1. The molecule has 2 aromatic heterocycles. The molecule has 2 aromatic carbocycles. The summed E-state index contributed by atoms with van der Waals surface area (Å²) >= 11 is 0. The minimum atomic E-state index is -4.38. The number of fused-ring (bicyclic) bond motifs is 1. The topological polar surface area (TPSA) is 50.7 Å². The first-order chi connectivity index (χ1) is 12.4. The van der Waals surface area contributed by atoms with Crippen molar-refractivity contribution in [1.82, 2.24) is 14.8 Å². The quantitative estimate of drug-likeness (QED) is 0.579. The van der Waals surface area contributed by atoms with Crippen molar-refractivity contribution < 1.29 is 13.2 Å². The van der Waals surface area contributed by atoms with Crippen molar-refractivity contribution in [3.05, 3.63) is 82.6 Å². The van der Waals surface area contributed by atoms with Gasteiger partial charge in [0.15, 0.2) is 5.65 Å². The van der Waals surface area contributed by atoms with Crippen LogP contribution in [0.3, 0.4) is 0 Å². The molecule has 1 N–H and O–H groups in total. The monoisotopic (exact) mass is 355 g/mol. The van der Waals surface area contributed by atoms with Gasteiger partial charge >= 0.3 is 6.18 Å². The van der Waals surface area contributed by atoms with Crippen LogP contribution >= 0.6 is 0 Å². The summed E-state index contributed by atoms with van der Waals surface area (Å²) in [5.74, 6) is 0. The van der Waals surface area contributed by atoms with Gasteiger partial charge < -0.3 is 0 Å². The lowest BCUT2D eigenvalue weighted by Crippen LogP contribution is -2.13. The second kappa shape index (κ2) is 5.87. The Bertz CT molecular complexity index is 1130. The Labute approximate surface area is 145 Å². The number of benzene rings is 2. The molecule has 0 spiro atoms. The van der Waals surface area contributed by atoms with Gasteiger partial charge in [-0.2, -0.15) is 13.2 Å². The molecular weight excluding hydrogens is 343 g/mol. The van der Waals surface area contributed by atoms with Crippen LogP contribution in [-0.2, 0) is 6.18 Å². The number of hydrogen-bond acceptors (Lipinski definition) is 2. The predicted molar refractivity (Wildman–Crippen MR) is 92.1 cm³/mol.